The summed E-state index contributed by atoms with van der Waals surface area (Å²) in [6, 6.07) is 0. The van der Waals surface area contributed by atoms with Crippen molar-refractivity contribution in [3.63, 3.8) is 0 Å². The van der Waals surface area contributed by atoms with E-state index in [2.05, 4.69) is 9.69 Å². The Bertz CT molecular complexity index is 419. The summed E-state index contributed by atoms with van der Waals surface area (Å²) < 4.78 is 8.75. The van der Waals surface area contributed by atoms with Crippen molar-refractivity contribution in [2.45, 2.75) is 18.9 Å². The SMILES string of the molecule is COCCC(C)(O)CNc1snc(N)c1C(N)=O. The van der Waals surface area contributed by atoms with Crippen LogP contribution in [0.5, 0.6) is 0 Å². The highest BCUT2D eigenvalue weighted by Gasteiger charge is 2.22. The number of hydrogen-bond acceptors (Lipinski definition) is 7. The number of aliphatic hydroxyl groups is 1. The molecule has 7 nitrogen and oxygen atoms in total. The van der Waals surface area contributed by atoms with Gasteiger partial charge < -0.3 is 26.6 Å². The minimum atomic E-state index is -0.955. The van der Waals surface area contributed by atoms with Crippen molar-refractivity contribution in [1.82, 2.24) is 4.37 Å². The molecule has 1 unspecified atom stereocenters. The molecule has 8 heteroatoms. The van der Waals surface area contributed by atoms with E-state index in [1.807, 2.05) is 0 Å². The fourth-order valence-electron chi connectivity index (χ4n) is 1.34. The number of methoxy groups -OCH3 is 1. The number of anilines is 2. The van der Waals surface area contributed by atoms with Gasteiger partial charge in [-0.15, -0.1) is 0 Å². The molecule has 1 aromatic heterocycles. The number of aromatic nitrogens is 1. The number of hydrogen-bond donors (Lipinski definition) is 4. The quantitative estimate of drug-likeness (QED) is 0.556. The molecule has 0 aliphatic rings. The Morgan fingerprint density at radius 1 is 1.67 bits per heavy atom. The first-order valence-electron chi connectivity index (χ1n) is 5.37. The number of nitrogens with two attached hydrogens (primary N) is 2. The van der Waals surface area contributed by atoms with Crippen molar-refractivity contribution in [3.8, 4) is 0 Å². The van der Waals surface area contributed by atoms with Gasteiger partial charge in [0.2, 0.25) is 0 Å². The number of ether oxygens (including phenoxy) is 1. The first kappa shape index (κ1) is 14.7. The van der Waals surface area contributed by atoms with Crippen molar-refractivity contribution in [3.05, 3.63) is 5.56 Å². The van der Waals surface area contributed by atoms with Crippen LogP contribution in [0.3, 0.4) is 0 Å². The summed E-state index contributed by atoms with van der Waals surface area (Å²) in [6.45, 7) is 2.37. The molecule has 1 aromatic rings. The van der Waals surface area contributed by atoms with Crippen LogP contribution in [-0.2, 0) is 4.74 Å². The Hall–Kier alpha value is -1.38. The molecule has 0 fully saturated rings. The van der Waals surface area contributed by atoms with Gasteiger partial charge in [-0.2, -0.15) is 4.37 Å². The molecule has 18 heavy (non-hydrogen) atoms. The van der Waals surface area contributed by atoms with E-state index in [-0.39, 0.29) is 17.9 Å². The Labute approximate surface area is 109 Å². The Morgan fingerprint density at radius 3 is 2.89 bits per heavy atom. The van der Waals surface area contributed by atoms with Crippen molar-refractivity contribution in [2.24, 2.45) is 5.73 Å². The number of nitrogens with one attached hydrogen (secondary N) is 1. The number of nitrogens with zero attached hydrogens (tertiary/aromatic N) is 1. The molecule has 6 N–H and O–H groups in total. The molecule has 0 saturated heterocycles. The average Bonchev–Trinajstić information content (AvgIpc) is 2.65. The minimum absolute atomic E-state index is 0.103. The van der Waals surface area contributed by atoms with Crippen LogP contribution in [0.4, 0.5) is 10.8 Å². The fourth-order valence-corrected chi connectivity index (χ4v) is 2.06. The monoisotopic (exact) mass is 274 g/mol. The van der Waals surface area contributed by atoms with Crippen LogP contribution in [0.1, 0.15) is 23.7 Å². The third kappa shape index (κ3) is 3.83. The molecule has 1 amide bonds. The summed E-state index contributed by atoms with van der Waals surface area (Å²) in [6.07, 6.45) is 0.469. The lowest BCUT2D eigenvalue weighted by Gasteiger charge is -2.23. The number of rotatable bonds is 7. The Morgan fingerprint density at radius 2 is 2.33 bits per heavy atom. The van der Waals surface area contributed by atoms with Crippen LogP contribution in [0, 0.1) is 0 Å². The molecule has 0 spiro atoms. The van der Waals surface area contributed by atoms with Gasteiger partial charge in [0.25, 0.3) is 5.91 Å². The molecule has 102 valence electrons. The highest BCUT2D eigenvalue weighted by atomic mass is 32.1. The van der Waals surface area contributed by atoms with Crippen molar-refractivity contribution >= 4 is 28.3 Å². The predicted molar refractivity (Wildman–Crippen MR) is 70.7 cm³/mol. The van der Waals surface area contributed by atoms with Gasteiger partial charge >= 0.3 is 0 Å². The number of amides is 1. The summed E-state index contributed by atoms with van der Waals surface area (Å²) >= 11 is 1.04. The van der Waals surface area contributed by atoms with Crippen LogP contribution < -0.4 is 16.8 Å². The van der Waals surface area contributed by atoms with Crippen LogP contribution >= 0.6 is 11.5 Å². The second-order valence-corrected chi connectivity index (χ2v) is 5.00. The molecule has 0 aromatic carbocycles. The second-order valence-electron chi connectivity index (χ2n) is 4.23. The zero-order valence-corrected chi connectivity index (χ0v) is 11.2. The normalized spacial score (nSPS) is 14.2. The molecule has 1 rings (SSSR count). The van der Waals surface area contributed by atoms with Crippen LogP contribution in [0.25, 0.3) is 0 Å². The molecule has 1 heterocycles. The molecule has 0 saturated carbocycles. The van der Waals surface area contributed by atoms with Crippen molar-refractivity contribution in [1.29, 1.82) is 0 Å². The zero-order chi connectivity index (χ0) is 13.8. The van der Waals surface area contributed by atoms with E-state index in [0.29, 0.717) is 18.0 Å². The molecule has 0 aliphatic carbocycles. The van der Waals surface area contributed by atoms with E-state index in [9.17, 15) is 9.90 Å². The molecular weight excluding hydrogens is 256 g/mol. The van der Waals surface area contributed by atoms with Gasteiger partial charge in [-0.3, -0.25) is 4.79 Å². The van der Waals surface area contributed by atoms with E-state index in [4.69, 9.17) is 16.2 Å². The lowest BCUT2D eigenvalue weighted by atomic mass is 10.0. The minimum Gasteiger partial charge on any atom is -0.388 e. The molecular formula is C10H18N4O3S. The van der Waals surface area contributed by atoms with Gasteiger partial charge in [0.1, 0.15) is 10.6 Å². The standard InChI is InChI=1S/C10H18N4O3S/c1-10(16,3-4-17-2)5-13-9-6(8(12)15)7(11)14-18-9/h13,16H,3-5H2,1-2H3,(H2,11,14)(H2,12,15). The summed E-state index contributed by atoms with van der Waals surface area (Å²) in [7, 11) is 1.57. The maximum absolute atomic E-state index is 11.2. The van der Waals surface area contributed by atoms with Crippen LogP contribution in [0.15, 0.2) is 0 Å². The lowest BCUT2D eigenvalue weighted by molar-refractivity contribution is 0.0358. The van der Waals surface area contributed by atoms with E-state index in [0.717, 1.165) is 11.5 Å². The lowest BCUT2D eigenvalue weighted by Crippen LogP contribution is -2.34. The fraction of sp³-hybridized carbons (Fsp3) is 0.600. The largest absolute Gasteiger partial charge is 0.388 e. The van der Waals surface area contributed by atoms with Gasteiger partial charge in [0, 0.05) is 26.7 Å². The summed E-state index contributed by atoms with van der Waals surface area (Å²) in [5, 5.41) is 13.4. The zero-order valence-electron chi connectivity index (χ0n) is 10.4. The number of primary amides is 1. The average molecular weight is 274 g/mol. The van der Waals surface area contributed by atoms with Gasteiger partial charge in [-0.1, -0.05) is 0 Å². The highest BCUT2D eigenvalue weighted by molar-refractivity contribution is 7.11. The molecule has 0 radical (unpaired) electrons. The Kier molecular flexibility index (Phi) is 4.88. The van der Waals surface area contributed by atoms with Crippen molar-refractivity contribution < 1.29 is 14.6 Å². The smallest absolute Gasteiger partial charge is 0.255 e. The number of carbonyl (C=O) groups excluding carboxylic acids is 1. The third-order valence-corrected chi connectivity index (χ3v) is 3.26. The van der Waals surface area contributed by atoms with E-state index >= 15 is 0 Å². The number of carbonyl (C=O) groups is 1. The second kappa shape index (κ2) is 5.98. The molecule has 0 aliphatic heterocycles. The number of nitrogen functional groups attached to an aromatic ring is 1. The summed E-state index contributed by atoms with van der Waals surface area (Å²) in [4.78, 5) is 11.2. The van der Waals surface area contributed by atoms with Gasteiger partial charge in [-0.25, -0.2) is 0 Å². The summed E-state index contributed by atoms with van der Waals surface area (Å²) in [5.74, 6) is -0.535. The topological polar surface area (TPSA) is 123 Å². The van der Waals surface area contributed by atoms with Crippen LogP contribution in [0.2, 0.25) is 0 Å². The van der Waals surface area contributed by atoms with Crippen molar-refractivity contribution in [2.75, 3.05) is 31.3 Å². The highest BCUT2D eigenvalue weighted by Crippen LogP contribution is 2.26. The predicted octanol–water partition coefficient (Wildman–Crippen LogP) is 0.0236. The van der Waals surface area contributed by atoms with Gasteiger partial charge in [-0.05, 0) is 18.5 Å². The van der Waals surface area contributed by atoms with Gasteiger partial charge in [0.15, 0.2) is 5.82 Å². The molecule has 0 bridgehead atoms. The third-order valence-electron chi connectivity index (χ3n) is 2.44. The van der Waals surface area contributed by atoms with E-state index in [1.165, 1.54) is 0 Å². The van der Waals surface area contributed by atoms with Gasteiger partial charge in [0.05, 0.1) is 5.60 Å². The maximum Gasteiger partial charge on any atom is 0.255 e. The maximum atomic E-state index is 11.2. The first-order chi connectivity index (χ1) is 8.37. The summed E-state index contributed by atoms with van der Waals surface area (Å²) in [5.41, 5.74) is 9.96. The van der Waals surface area contributed by atoms with E-state index < -0.39 is 11.5 Å². The Balaban J connectivity index is 2.66. The van der Waals surface area contributed by atoms with E-state index in [1.54, 1.807) is 14.0 Å². The molecule has 1 atom stereocenters. The first-order valence-corrected chi connectivity index (χ1v) is 6.15. The van der Waals surface area contributed by atoms with Crippen LogP contribution in [-0.4, -0.2) is 41.2 Å².